The minimum atomic E-state index is 0.403. The Morgan fingerprint density at radius 2 is 1.20 bits per heavy atom. The molecule has 1 atom stereocenters. The monoisotopic (exact) mass is 656 g/mol. The van der Waals surface area contributed by atoms with Crippen molar-refractivity contribution in [3.63, 3.8) is 0 Å². The molecule has 10 rings (SSSR count). The minimum absolute atomic E-state index is 0.403. The van der Waals surface area contributed by atoms with Crippen LogP contribution in [0.25, 0.3) is 88.9 Å². The maximum atomic E-state index is 6.26. The Labute approximate surface area is 294 Å². The van der Waals surface area contributed by atoms with Gasteiger partial charge in [-0.2, -0.15) is 0 Å². The van der Waals surface area contributed by atoms with E-state index in [2.05, 4.69) is 145 Å². The van der Waals surface area contributed by atoms with Gasteiger partial charge in [0.15, 0.2) is 17.5 Å². The van der Waals surface area contributed by atoms with Crippen LogP contribution in [0.3, 0.4) is 0 Å². The molecule has 3 aromatic heterocycles. The molecule has 0 saturated heterocycles. The number of para-hydroxylation sites is 2. The van der Waals surface area contributed by atoms with Crippen molar-refractivity contribution in [3.8, 4) is 39.6 Å². The van der Waals surface area contributed by atoms with Gasteiger partial charge in [-0.15, -0.1) is 0 Å². The molecule has 3 heterocycles. The second-order valence-electron chi connectivity index (χ2n) is 13.4. The highest BCUT2D eigenvalue weighted by molar-refractivity contribution is 6.10. The van der Waals surface area contributed by atoms with Gasteiger partial charge in [0.2, 0.25) is 0 Å². The van der Waals surface area contributed by atoms with Gasteiger partial charge in [0.1, 0.15) is 11.2 Å². The van der Waals surface area contributed by atoms with Gasteiger partial charge in [-0.25, -0.2) is 15.0 Å². The van der Waals surface area contributed by atoms with Crippen molar-refractivity contribution in [3.05, 3.63) is 164 Å². The first kappa shape index (κ1) is 29.3. The molecule has 6 aromatic carbocycles. The van der Waals surface area contributed by atoms with Crippen LogP contribution < -0.4 is 0 Å². The average molecular weight is 657 g/mol. The van der Waals surface area contributed by atoms with Crippen LogP contribution in [0.5, 0.6) is 0 Å². The summed E-state index contributed by atoms with van der Waals surface area (Å²) >= 11 is 0. The molecule has 5 heteroatoms. The van der Waals surface area contributed by atoms with Gasteiger partial charge in [0, 0.05) is 43.9 Å². The molecule has 242 valence electrons. The van der Waals surface area contributed by atoms with E-state index in [4.69, 9.17) is 19.4 Å². The SMILES string of the molecule is CC1C=C(c2nc(-c3cccc(-n4c5ccccc5c5ccc(-c6ccccc6)cc54)c3)nc(-c3ccc4c(c3)oc3ccccc34)n2)C=CC1. The van der Waals surface area contributed by atoms with Crippen LogP contribution in [0.4, 0.5) is 0 Å². The highest BCUT2D eigenvalue weighted by Crippen LogP contribution is 2.37. The Balaban J connectivity index is 1.15. The zero-order valence-corrected chi connectivity index (χ0v) is 28.0. The molecule has 0 aliphatic heterocycles. The zero-order valence-electron chi connectivity index (χ0n) is 28.0. The lowest BCUT2D eigenvalue weighted by Gasteiger charge is -2.14. The van der Waals surface area contributed by atoms with Crippen molar-refractivity contribution in [1.29, 1.82) is 0 Å². The average Bonchev–Trinajstić information content (AvgIpc) is 3.73. The molecule has 1 unspecified atom stereocenters. The second kappa shape index (κ2) is 11.8. The molecule has 9 aromatic rings. The van der Waals surface area contributed by atoms with Gasteiger partial charge >= 0.3 is 0 Å². The Morgan fingerprint density at radius 3 is 2.06 bits per heavy atom. The van der Waals surface area contributed by atoms with Crippen LogP contribution in [0, 0.1) is 5.92 Å². The fourth-order valence-electron chi connectivity index (χ4n) is 7.46. The first-order chi connectivity index (χ1) is 25.2. The van der Waals surface area contributed by atoms with Crippen LogP contribution in [0.2, 0.25) is 0 Å². The summed E-state index contributed by atoms with van der Waals surface area (Å²) in [7, 11) is 0. The molecule has 0 spiro atoms. The first-order valence-corrected chi connectivity index (χ1v) is 17.4. The molecule has 1 aliphatic carbocycles. The van der Waals surface area contributed by atoms with E-state index in [1.807, 2.05) is 24.3 Å². The molecular formula is C46H32N4O. The van der Waals surface area contributed by atoms with Crippen LogP contribution in [0.1, 0.15) is 19.2 Å². The van der Waals surface area contributed by atoms with E-state index < -0.39 is 0 Å². The molecule has 0 radical (unpaired) electrons. The molecular weight excluding hydrogens is 625 g/mol. The standard InChI is InChI=1S/C46H32N4O/c1-29-11-9-14-32(25-29)44-47-45(49-46(48-44)34-22-24-39-38-18-6-8-20-42(38)51-43(39)28-34)33-15-10-16-35(26-33)50-40-19-7-5-17-36(40)37-23-21-31(27-41(37)50)30-12-3-2-4-13-30/h2-10,12-29H,11H2,1H3. The molecule has 0 saturated carbocycles. The number of aromatic nitrogens is 4. The molecule has 1 aliphatic rings. The lowest BCUT2D eigenvalue weighted by molar-refractivity contribution is 0.669. The Morgan fingerprint density at radius 1 is 0.529 bits per heavy atom. The Bertz CT molecular complexity index is 2860. The molecule has 5 nitrogen and oxygen atoms in total. The van der Waals surface area contributed by atoms with Crippen LogP contribution >= 0.6 is 0 Å². The highest BCUT2D eigenvalue weighted by Gasteiger charge is 2.18. The van der Waals surface area contributed by atoms with Crippen LogP contribution in [0.15, 0.2) is 162 Å². The number of rotatable bonds is 5. The summed E-state index contributed by atoms with van der Waals surface area (Å²) in [6.07, 6.45) is 7.59. The highest BCUT2D eigenvalue weighted by atomic mass is 16.3. The molecule has 0 amide bonds. The quantitative estimate of drug-likeness (QED) is 0.185. The van der Waals surface area contributed by atoms with E-state index in [9.17, 15) is 0 Å². The molecule has 51 heavy (non-hydrogen) atoms. The summed E-state index contributed by atoms with van der Waals surface area (Å²) in [6.45, 7) is 2.22. The fourth-order valence-corrected chi connectivity index (χ4v) is 7.46. The van der Waals surface area contributed by atoms with Crippen LogP contribution in [-0.2, 0) is 0 Å². The summed E-state index contributed by atoms with van der Waals surface area (Å²) in [6, 6.07) is 48.8. The number of furan rings is 1. The third-order valence-corrected chi connectivity index (χ3v) is 9.94. The predicted molar refractivity (Wildman–Crippen MR) is 209 cm³/mol. The second-order valence-corrected chi connectivity index (χ2v) is 13.4. The normalized spacial score (nSPS) is 14.5. The number of hydrogen-bond acceptors (Lipinski definition) is 4. The first-order valence-electron chi connectivity index (χ1n) is 17.4. The number of fused-ring (bicyclic) bond motifs is 6. The third-order valence-electron chi connectivity index (χ3n) is 9.94. The van der Waals surface area contributed by atoms with Crippen molar-refractivity contribution in [1.82, 2.24) is 19.5 Å². The predicted octanol–water partition coefficient (Wildman–Crippen LogP) is 11.8. The lowest BCUT2D eigenvalue weighted by atomic mass is 9.97. The number of benzene rings is 6. The van der Waals surface area contributed by atoms with Gasteiger partial charge in [0.25, 0.3) is 0 Å². The lowest BCUT2D eigenvalue weighted by Crippen LogP contribution is -2.05. The van der Waals surface area contributed by atoms with Gasteiger partial charge < -0.3 is 8.98 Å². The van der Waals surface area contributed by atoms with Crippen molar-refractivity contribution < 1.29 is 4.42 Å². The molecule has 0 fully saturated rings. The van der Waals surface area contributed by atoms with E-state index >= 15 is 0 Å². The maximum Gasteiger partial charge on any atom is 0.164 e. The Hall–Kier alpha value is -6.59. The van der Waals surface area contributed by atoms with E-state index in [-0.39, 0.29) is 0 Å². The summed E-state index contributed by atoms with van der Waals surface area (Å²) in [5, 5.41) is 4.60. The summed E-state index contributed by atoms with van der Waals surface area (Å²) in [5.41, 5.74) is 10.2. The number of hydrogen-bond donors (Lipinski definition) is 0. The zero-order chi connectivity index (χ0) is 33.9. The number of allylic oxidation sites excluding steroid dienone is 4. The van der Waals surface area contributed by atoms with E-state index in [0.29, 0.717) is 23.4 Å². The van der Waals surface area contributed by atoms with Crippen LogP contribution in [-0.4, -0.2) is 19.5 Å². The smallest absolute Gasteiger partial charge is 0.164 e. The van der Waals surface area contributed by atoms with E-state index in [0.717, 1.165) is 61.8 Å². The largest absolute Gasteiger partial charge is 0.456 e. The van der Waals surface area contributed by atoms with Crippen molar-refractivity contribution in [2.75, 3.05) is 0 Å². The Kier molecular flexibility index (Phi) is 6.78. The summed E-state index contributed by atoms with van der Waals surface area (Å²) < 4.78 is 8.61. The van der Waals surface area contributed by atoms with E-state index in [1.54, 1.807) is 0 Å². The number of nitrogens with zero attached hydrogens (tertiary/aromatic N) is 4. The van der Waals surface area contributed by atoms with Gasteiger partial charge in [-0.05, 0) is 65.9 Å². The third kappa shape index (κ3) is 5.05. The fraction of sp³-hybridized carbons (Fsp3) is 0.0652. The maximum absolute atomic E-state index is 6.26. The van der Waals surface area contributed by atoms with E-state index in [1.165, 1.54) is 21.9 Å². The minimum Gasteiger partial charge on any atom is -0.456 e. The van der Waals surface area contributed by atoms with Crippen molar-refractivity contribution in [2.24, 2.45) is 5.92 Å². The van der Waals surface area contributed by atoms with Crippen molar-refractivity contribution in [2.45, 2.75) is 13.3 Å². The van der Waals surface area contributed by atoms with Crippen molar-refractivity contribution >= 4 is 49.3 Å². The summed E-state index contributed by atoms with van der Waals surface area (Å²) in [5.74, 6) is 2.30. The summed E-state index contributed by atoms with van der Waals surface area (Å²) in [4.78, 5) is 15.3. The topological polar surface area (TPSA) is 56.7 Å². The molecule has 0 bridgehead atoms. The van der Waals surface area contributed by atoms with Gasteiger partial charge in [0.05, 0.1) is 11.0 Å². The molecule has 0 N–H and O–H groups in total. The van der Waals surface area contributed by atoms with Gasteiger partial charge in [-0.3, -0.25) is 0 Å². The van der Waals surface area contributed by atoms with Gasteiger partial charge in [-0.1, -0.05) is 122 Å².